The van der Waals surface area contributed by atoms with E-state index in [0.29, 0.717) is 0 Å². The average Bonchev–Trinajstić information content (AvgIpc) is 1.80. The minimum absolute atomic E-state index is 1.28. The zero-order chi connectivity index (χ0) is 10.5. The molecular weight excluding hydrogens is 102 g/mol. The molecule has 1 fully saturated rings. The van der Waals surface area contributed by atoms with E-state index in [0.717, 1.165) is 0 Å². The second kappa shape index (κ2) is 2.46. The minimum Gasteiger partial charge on any atom is -0.378 e. The second-order valence-electron chi connectivity index (χ2n) is 1.77. The summed E-state index contributed by atoms with van der Waals surface area (Å²) < 4.78 is 41.7. The zero-order valence-electron chi connectivity index (χ0n) is 9.99. The highest BCUT2D eigenvalue weighted by Crippen LogP contribution is 1.96. The highest BCUT2D eigenvalue weighted by Gasteiger charge is 2.12. The lowest BCUT2D eigenvalue weighted by atomic mass is 10.2. The van der Waals surface area contributed by atoms with E-state index in [1.165, 1.54) is 13.8 Å². The summed E-state index contributed by atoms with van der Waals surface area (Å²) in [6, 6.07) is -3.16. The van der Waals surface area contributed by atoms with Crippen LogP contribution in [0.25, 0.3) is 0 Å². The summed E-state index contributed by atoms with van der Waals surface area (Å²) in [5.74, 6) is 0. The van der Waals surface area contributed by atoms with Crippen molar-refractivity contribution in [2.24, 2.45) is 0 Å². The molecule has 0 aromatic rings. The fourth-order valence-electron chi connectivity index (χ4n) is 0.557. The van der Waals surface area contributed by atoms with Crippen molar-refractivity contribution in [3.63, 3.8) is 0 Å². The van der Waals surface area contributed by atoms with Crippen LogP contribution in [-0.2, 0) is 4.74 Å². The molecule has 1 N–H and O–H groups in total. The lowest BCUT2D eigenvalue weighted by Gasteiger charge is -2.25. The van der Waals surface area contributed by atoms with Gasteiger partial charge in [0.15, 0.2) is 0 Å². The number of morpholine rings is 1. The molecule has 0 aliphatic carbocycles. The van der Waals surface area contributed by atoms with E-state index in [2.05, 4.69) is 10.1 Å². The maximum Gasteiger partial charge on any atom is 0.0617 e. The molecular formula is C6H13NO. The molecule has 1 aliphatic heterocycles. The Hall–Kier alpha value is -0.0800. The fourth-order valence-corrected chi connectivity index (χ4v) is 0.557. The third-order valence-corrected chi connectivity index (χ3v) is 0.832. The van der Waals surface area contributed by atoms with Gasteiger partial charge in [0.05, 0.1) is 17.3 Å². The predicted molar refractivity (Wildman–Crippen MR) is 32.9 cm³/mol. The van der Waals surface area contributed by atoms with Crippen LogP contribution >= 0.6 is 0 Å². The Bertz CT molecular complexity index is 217. The largest absolute Gasteiger partial charge is 0.378 e. The Morgan fingerprint density at radius 3 is 3.12 bits per heavy atom. The third-order valence-electron chi connectivity index (χ3n) is 0.832. The van der Waals surface area contributed by atoms with Crippen LogP contribution in [0.5, 0.6) is 0 Å². The Morgan fingerprint density at radius 2 is 2.50 bits per heavy atom. The van der Waals surface area contributed by atoms with Crippen molar-refractivity contribution in [2.75, 3.05) is 13.1 Å². The van der Waals surface area contributed by atoms with Gasteiger partial charge in [-0.2, -0.15) is 0 Å². The summed E-state index contributed by atoms with van der Waals surface area (Å²) in [7, 11) is 0. The second-order valence-corrected chi connectivity index (χ2v) is 1.77. The smallest absolute Gasteiger partial charge is 0.0617 e. The normalized spacial score (nSPS) is 82.8. The molecule has 48 valence electrons. The molecule has 0 saturated carbocycles. The molecule has 1 heterocycles. The quantitative estimate of drug-likeness (QED) is 0.499. The summed E-state index contributed by atoms with van der Waals surface area (Å²) in [6.07, 6.45) is 0. The van der Waals surface area contributed by atoms with Gasteiger partial charge in [0, 0.05) is 14.8 Å². The third kappa shape index (κ3) is 1.46. The highest BCUT2D eigenvalue weighted by molar-refractivity contribution is 4.70. The van der Waals surface area contributed by atoms with Gasteiger partial charge < -0.3 is 10.1 Å². The highest BCUT2D eigenvalue weighted by atomic mass is 16.5. The summed E-state index contributed by atoms with van der Waals surface area (Å²) in [5.41, 5.74) is 0. The molecule has 8 heavy (non-hydrogen) atoms. The van der Waals surface area contributed by atoms with Crippen molar-refractivity contribution in [3.05, 3.63) is 0 Å². The van der Waals surface area contributed by atoms with Gasteiger partial charge in [0.1, 0.15) is 0 Å². The van der Waals surface area contributed by atoms with E-state index in [1.54, 1.807) is 0 Å². The zero-order valence-corrected chi connectivity index (χ0v) is 4.99. The van der Waals surface area contributed by atoms with E-state index in [-0.39, 0.29) is 0 Å². The van der Waals surface area contributed by atoms with Gasteiger partial charge in [-0.05, 0) is 13.8 Å². The predicted octanol–water partition coefficient (Wildman–Crippen LogP) is 0.383. The van der Waals surface area contributed by atoms with Crippen molar-refractivity contribution < 1.29 is 11.6 Å². The van der Waals surface area contributed by atoms with Crippen LogP contribution in [0.4, 0.5) is 0 Å². The molecule has 0 bridgehead atoms. The van der Waals surface area contributed by atoms with Crippen LogP contribution < -0.4 is 5.32 Å². The van der Waals surface area contributed by atoms with Crippen LogP contribution in [-0.4, -0.2) is 25.2 Å². The van der Waals surface area contributed by atoms with E-state index >= 15 is 0 Å². The van der Waals surface area contributed by atoms with Crippen LogP contribution in [0, 0.1) is 0 Å². The Kier molecular flexibility index (Phi) is 0.700. The average molecular weight is 120 g/mol. The lowest BCUT2D eigenvalue weighted by Crippen LogP contribution is -2.45. The van der Waals surface area contributed by atoms with E-state index in [1.807, 2.05) is 0 Å². The van der Waals surface area contributed by atoms with Crippen molar-refractivity contribution in [1.29, 1.82) is 0 Å². The van der Waals surface area contributed by atoms with Gasteiger partial charge in [0.25, 0.3) is 0 Å². The van der Waals surface area contributed by atoms with Gasteiger partial charge in [-0.3, -0.25) is 0 Å². The van der Waals surface area contributed by atoms with Gasteiger partial charge in [-0.15, -0.1) is 0 Å². The van der Waals surface area contributed by atoms with Crippen LogP contribution in [0.1, 0.15) is 20.7 Å². The van der Waals surface area contributed by atoms with Gasteiger partial charge in [-0.1, -0.05) is 0 Å². The van der Waals surface area contributed by atoms with Gasteiger partial charge in [0.2, 0.25) is 0 Å². The SMILES string of the molecule is [2H]C1OC([2H])([2H])C([2H])(C)NC1([2H])C. The number of hydrogen-bond donors (Lipinski definition) is 1. The minimum atomic E-state index is -2.25. The molecule has 1 saturated heterocycles. The molecule has 0 aromatic heterocycles. The first-order chi connectivity index (χ1) is 5.58. The number of hydrogen-bond acceptors (Lipinski definition) is 2. The number of rotatable bonds is 0. The summed E-state index contributed by atoms with van der Waals surface area (Å²) >= 11 is 0. The monoisotopic (exact) mass is 120 g/mol. The van der Waals surface area contributed by atoms with E-state index in [4.69, 9.17) is 6.85 Å². The van der Waals surface area contributed by atoms with E-state index in [9.17, 15) is 0 Å². The fraction of sp³-hybridized carbons (Fsp3) is 1.00. The molecule has 0 amide bonds. The summed E-state index contributed by atoms with van der Waals surface area (Å²) in [6.45, 7) is -0.917. The summed E-state index contributed by atoms with van der Waals surface area (Å²) in [4.78, 5) is 0. The van der Waals surface area contributed by atoms with Crippen molar-refractivity contribution in [2.45, 2.75) is 25.9 Å². The first kappa shape index (κ1) is 2.27. The Balaban J connectivity index is 2.93. The Morgan fingerprint density at radius 1 is 1.75 bits per heavy atom. The molecule has 2 nitrogen and oxygen atoms in total. The van der Waals surface area contributed by atoms with Crippen LogP contribution in [0.3, 0.4) is 0 Å². The van der Waals surface area contributed by atoms with E-state index < -0.39 is 25.2 Å². The van der Waals surface area contributed by atoms with Crippen LogP contribution in [0.2, 0.25) is 0 Å². The molecule has 1 aliphatic rings. The molecule has 3 atom stereocenters. The maximum absolute atomic E-state index is 7.56. The number of nitrogens with one attached hydrogen (secondary N) is 1. The number of ether oxygens (including phenoxy) is 1. The molecule has 0 aromatic carbocycles. The molecule has 0 radical (unpaired) electrons. The van der Waals surface area contributed by atoms with Gasteiger partial charge >= 0.3 is 0 Å². The standard InChI is InChI=1S/C6H13NO/c1-5-3-8-4-6(2)7-5/h5-7H,3-4H2,1-2H3/i3D,4D2,5D,6D. The molecule has 2 heteroatoms. The van der Waals surface area contributed by atoms with Crippen LogP contribution in [0.15, 0.2) is 0 Å². The maximum atomic E-state index is 7.56. The summed E-state index contributed by atoms with van der Waals surface area (Å²) in [5, 5.41) is 2.42. The lowest BCUT2D eigenvalue weighted by molar-refractivity contribution is 0.0560. The van der Waals surface area contributed by atoms with Crippen molar-refractivity contribution in [3.8, 4) is 0 Å². The topological polar surface area (TPSA) is 21.3 Å². The van der Waals surface area contributed by atoms with Crippen molar-refractivity contribution in [1.82, 2.24) is 5.32 Å². The first-order valence-corrected chi connectivity index (χ1v) is 2.48. The molecule has 1 rings (SSSR count). The van der Waals surface area contributed by atoms with Crippen molar-refractivity contribution >= 4 is 0 Å². The first-order valence-electron chi connectivity index (χ1n) is 5.06. The van der Waals surface area contributed by atoms with Gasteiger partial charge in [-0.25, -0.2) is 0 Å². The molecule has 0 spiro atoms. The molecule has 3 unspecified atom stereocenters. The Labute approximate surface area is 57.2 Å².